The van der Waals surface area contributed by atoms with Crippen LogP contribution in [-0.4, -0.2) is 44.8 Å². The Hall–Kier alpha value is -2.08. The van der Waals surface area contributed by atoms with Crippen LogP contribution < -0.4 is 0 Å². The summed E-state index contributed by atoms with van der Waals surface area (Å²) in [6.45, 7) is 7.68. The molecule has 1 aliphatic carbocycles. The van der Waals surface area contributed by atoms with E-state index in [1.807, 2.05) is 11.8 Å². The third-order valence-corrected chi connectivity index (χ3v) is 7.60. The largest absolute Gasteiger partial charge is 0.345 e. The van der Waals surface area contributed by atoms with Gasteiger partial charge in [0.25, 0.3) is 0 Å². The van der Waals surface area contributed by atoms with Gasteiger partial charge in [-0.15, -0.1) is 0 Å². The molecule has 1 aliphatic rings. The summed E-state index contributed by atoms with van der Waals surface area (Å²) < 4.78 is 3.31. The third-order valence-electron chi connectivity index (χ3n) is 7.07. The van der Waals surface area contributed by atoms with Gasteiger partial charge in [-0.3, -0.25) is 9.59 Å². The molecule has 1 atom stereocenters. The second-order valence-electron chi connectivity index (χ2n) is 9.60. The quantitative estimate of drug-likeness (QED) is 0.338. The molecule has 0 bridgehead atoms. The highest BCUT2D eigenvalue weighted by atomic mass is 79.9. The van der Waals surface area contributed by atoms with Crippen LogP contribution in [0.2, 0.25) is 0 Å². The molecule has 1 saturated carbocycles. The van der Waals surface area contributed by atoms with E-state index < -0.39 is 0 Å². The van der Waals surface area contributed by atoms with E-state index in [0.717, 1.165) is 55.2 Å². The van der Waals surface area contributed by atoms with Crippen molar-refractivity contribution >= 4 is 27.7 Å². The first kappa shape index (κ1) is 26.5. The second kappa shape index (κ2) is 13.1. The number of hydrogen-bond donors (Lipinski definition) is 0. The monoisotopic (exact) mass is 529 g/mol. The summed E-state index contributed by atoms with van der Waals surface area (Å²) >= 11 is 3.51. The number of carbonyl (C=O) groups is 2. The molecule has 1 aromatic carbocycles. The number of halogens is 1. The van der Waals surface area contributed by atoms with Crippen molar-refractivity contribution in [3.63, 3.8) is 0 Å². The Morgan fingerprint density at radius 1 is 1.06 bits per heavy atom. The van der Waals surface area contributed by atoms with E-state index in [2.05, 4.69) is 81.8 Å². The molecule has 1 unspecified atom stereocenters. The first-order valence-electron chi connectivity index (χ1n) is 12.9. The molecule has 0 radical (unpaired) electrons. The van der Waals surface area contributed by atoms with Gasteiger partial charge < -0.3 is 14.4 Å². The molecular weight excluding hydrogens is 490 g/mol. The summed E-state index contributed by atoms with van der Waals surface area (Å²) in [5.41, 5.74) is 2.36. The summed E-state index contributed by atoms with van der Waals surface area (Å²) in [4.78, 5) is 30.4. The third kappa shape index (κ3) is 7.21. The fourth-order valence-electron chi connectivity index (χ4n) is 4.83. The fourth-order valence-corrected chi connectivity index (χ4v) is 5.09. The van der Waals surface area contributed by atoms with E-state index in [4.69, 9.17) is 0 Å². The van der Waals surface area contributed by atoms with Gasteiger partial charge in [-0.25, -0.2) is 0 Å². The minimum atomic E-state index is 0.0671. The van der Waals surface area contributed by atoms with Gasteiger partial charge in [-0.2, -0.15) is 0 Å². The maximum Gasteiger partial charge on any atom is 0.242 e. The highest BCUT2D eigenvalue weighted by Gasteiger charge is 2.30. The number of hydrogen-bond acceptors (Lipinski definition) is 2. The van der Waals surface area contributed by atoms with Gasteiger partial charge in [0.1, 0.15) is 6.54 Å². The molecule has 0 aliphatic heterocycles. The van der Waals surface area contributed by atoms with E-state index in [1.54, 1.807) is 0 Å². The number of aromatic nitrogens is 1. The minimum Gasteiger partial charge on any atom is -0.345 e. The first-order valence-corrected chi connectivity index (χ1v) is 13.7. The first-order chi connectivity index (χ1) is 16.4. The smallest absolute Gasteiger partial charge is 0.242 e. The standard InChI is InChI=1S/C28H40BrN3O2/c1-4-10-27(33)31(22(3)5-2)21-28(34)32(25-11-7-6-8-12-25)20-26-13-9-18-30(26)19-23-14-16-24(29)17-15-23/h9,13-18,22,25H,4-8,10-12,19-21H2,1-3H3. The molecule has 6 heteroatoms. The van der Waals surface area contributed by atoms with Crippen molar-refractivity contribution in [2.24, 2.45) is 0 Å². The van der Waals surface area contributed by atoms with Crippen LogP contribution in [0.25, 0.3) is 0 Å². The zero-order valence-corrected chi connectivity index (χ0v) is 22.6. The lowest BCUT2D eigenvalue weighted by atomic mass is 9.94. The molecular formula is C28H40BrN3O2. The Bertz CT molecular complexity index is 918. The SMILES string of the molecule is CCCC(=O)N(CC(=O)N(Cc1cccn1Cc1ccc(Br)cc1)C1CCCCC1)C(C)CC. The van der Waals surface area contributed by atoms with Gasteiger partial charge in [0.05, 0.1) is 6.54 Å². The summed E-state index contributed by atoms with van der Waals surface area (Å²) in [6, 6.07) is 12.9. The van der Waals surface area contributed by atoms with E-state index in [1.165, 1.54) is 12.0 Å². The van der Waals surface area contributed by atoms with Gasteiger partial charge in [-0.1, -0.05) is 61.2 Å². The normalized spacial score (nSPS) is 15.2. The minimum absolute atomic E-state index is 0.0671. The Morgan fingerprint density at radius 3 is 2.41 bits per heavy atom. The van der Waals surface area contributed by atoms with Crippen LogP contribution in [0.5, 0.6) is 0 Å². The second-order valence-corrected chi connectivity index (χ2v) is 10.5. The Morgan fingerprint density at radius 2 is 1.76 bits per heavy atom. The summed E-state index contributed by atoms with van der Waals surface area (Å²) in [7, 11) is 0. The zero-order valence-electron chi connectivity index (χ0n) is 21.0. The van der Waals surface area contributed by atoms with Crippen molar-refractivity contribution in [1.82, 2.24) is 14.4 Å². The average Bonchev–Trinajstić information content (AvgIpc) is 3.29. The molecule has 1 heterocycles. The van der Waals surface area contributed by atoms with Crippen LogP contribution in [-0.2, 0) is 22.7 Å². The van der Waals surface area contributed by atoms with Gasteiger partial charge >= 0.3 is 0 Å². The Kier molecular flexibility index (Phi) is 10.2. The number of amides is 2. The summed E-state index contributed by atoms with van der Waals surface area (Å²) in [5.74, 6) is 0.167. The van der Waals surface area contributed by atoms with Crippen LogP contribution in [0.1, 0.15) is 83.4 Å². The van der Waals surface area contributed by atoms with Gasteiger partial charge in [0.15, 0.2) is 0 Å². The van der Waals surface area contributed by atoms with Gasteiger partial charge in [0, 0.05) is 41.4 Å². The molecule has 5 nitrogen and oxygen atoms in total. The lowest BCUT2D eigenvalue weighted by molar-refractivity contribution is -0.144. The lowest BCUT2D eigenvalue weighted by Crippen LogP contribution is -2.49. The van der Waals surface area contributed by atoms with Crippen LogP contribution in [0.4, 0.5) is 0 Å². The lowest BCUT2D eigenvalue weighted by Gasteiger charge is -2.37. The highest BCUT2D eigenvalue weighted by Crippen LogP contribution is 2.25. The van der Waals surface area contributed by atoms with Crippen molar-refractivity contribution in [2.75, 3.05) is 6.54 Å². The Labute approximate surface area is 213 Å². The number of benzene rings is 1. The number of carbonyl (C=O) groups excluding carboxylic acids is 2. The van der Waals surface area contributed by atoms with Crippen molar-refractivity contribution in [1.29, 1.82) is 0 Å². The molecule has 2 amide bonds. The van der Waals surface area contributed by atoms with Gasteiger partial charge in [-0.05, 0) is 62.4 Å². The van der Waals surface area contributed by atoms with Crippen molar-refractivity contribution in [2.45, 2.75) is 97.3 Å². The van der Waals surface area contributed by atoms with Crippen LogP contribution in [0, 0.1) is 0 Å². The molecule has 34 heavy (non-hydrogen) atoms. The summed E-state index contributed by atoms with van der Waals surface area (Å²) in [6.07, 6.45) is 9.91. The molecule has 1 fully saturated rings. The molecule has 186 valence electrons. The maximum atomic E-state index is 13.7. The molecule has 0 spiro atoms. The molecule has 0 saturated heterocycles. The van der Waals surface area contributed by atoms with Crippen molar-refractivity contribution in [3.05, 3.63) is 58.3 Å². The fraction of sp³-hybridized carbons (Fsp3) is 0.571. The van der Waals surface area contributed by atoms with E-state index >= 15 is 0 Å². The van der Waals surface area contributed by atoms with Crippen LogP contribution >= 0.6 is 15.9 Å². The van der Waals surface area contributed by atoms with E-state index in [0.29, 0.717) is 13.0 Å². The number of rotatable bonds is 11. The maximum absolute atomic E-state index is 13.7. The van der Waals surface area contributed by atoms with Crippen molar-refractivity contribution < 1.29 is 9.59 Å². The summed E-state index contributed by atoms with van der Waals surface area (Å²) in [5, 5.41) is 0. The number of nitrogens with zero attached hydrogens (tertiary/aromatic N) is 3. The Balaban J connectivity index is 1.80. The van der Waals surface area contributed by atoms with Gasteiger partial charge in [0.2, 0.25) is 11.8 Å². The van der Waals surface area contributed by atoms with Crippen LogP contribution in [0.3, 0.4) is 0 Å². The highest BCUT2D eigenvalue weighted by molar-refractivity contribution is 9.10. The van der Waals surface area contributed by atoms with E-state index in [9.17, 15) is 9.59 Å². The average molecular weight is 531 g/mol. The van der Waals surface area contributed by atoms with E-state index in [-0.39, 0.29) is 30.4 Å². The molecule has 3 rings (SSSR count). The molecule has 1 aromatic heterocycles. The zero-order chi connectivity index (χ0) is 24.5. The van der Waals surface area contributed by atoms with Crippen LogP contribution in [0.15, 0.2) is 47.1 Å². The molecule has 2 aromatic rings. The predicted octanol–water partition coefficient (Wildman–Crippen LogP) is 6.39. The topological polar surface area (TPSA) is 45.6 Å². The molecule has 0 N–H and O–H groups in total. The van der Waals surface area contributed by atoms with Crippen molar-refractivity contribution in [3.8, 4) is 0 Å². The predicted molar refractivity (Wildman–Crippen MR) is 141 cm³/mol.